The van der Waals surface area contributed by atoms with E-state index in [1.54, 1.807) is 12.1 Å². The van der Waals surface area contributed by atoms with Crippen molar-refractivity contribution in [2.45, 2.75) is 42.9 Å². The van der Waals surface area contributed by atoms with Gasteiger partial charge < -0.3 is 38.6 Å². The van der Waals surface area contributed by atoms with Crippen LogP contribution < -0.4 is 9.80 Å². The maximum atomic E-state index is 10.1. The Labute approximate surface area is 246 Å². The Balaban J connectivity index is 1.14. The molecule has 5 heterocycles. The molecule has 220 valence electrons. The topological polar surface area (TPSA) is 89.4 Å². The lowest BCUT2D eigenvalue weighted by Crippen LogP contribution is -2.31. The van der Waals surface area contributed by atoms with E-state index in [0.29, 0.717) is 24.4 Å². The SMILES string of the molecule is Oc1ccc(C(c2ccc(N(CC3CO3)CC3CO3)cc2)c2ccc(N(CC3CO3)CC3CO3)cc2CC2CO2)cc1. The summed E-state index contributed by atoms with van der Waals surface area (Å²) in [6.07, 6.45) is 2.38. The van der Waals surface area contributed by atoms with Crippen LogP contribution in [0.1, 0.15) is 28.2 Å². The van der Waals surface area contributed by atoms with Crippen LogP contribution in [0, 0.1) is 0 Å². The number of hydrogen-bond acceptors (Lipinski definition) is 8. The quantitative estimate of drug-likeness (QED) is 0.219. The van der Waals surface area contributed by atoms with Crippen molar-refractivity contribution in [2.75, 3.05) is 69.0 Å². The molecule has 0 saturated carbocycles. The Morgan fingerprint density at radius 1 is 0.571 bits per heavy atom. The van der Waals surface area contributed by atoms with Gasteiger partial charge in [-0.1, -0.05) is 30.3 Å². The lowest BCUT2D eigenvalue weighted by molar-refractivity contribution is 0.388. The van der Waals surface area contributed by atoms with Crippen LogP contribution >= 0.6 is 0 Å². The summed E-state index contributed by atoms with van der Waals surface area (Å²) in [7, 11) is 0. The van der Waals surface area contributed by atoms with Crippen LogP contribution in [0.2, 0.25) is 0 Å². The molecule has 8 rings (SSSR count). The molecule has 5 fully saturated rings. The molecule has 0 aromatic heterocycles. The van der Waals surface area contributed by atoms with E-state index in [1.807, 2.05) is 12.1 Å². The number of hydrogen-bond donors (Lipinski definition) is 1. The van der Waals surface area contributed by atoms with E-state index >= 15 is 0 Å². The highest BCUT2D eigenvalue weighted by atomic mass is 16.6. The highest BCUT2D eigenvalue weighted by Gasteiger charge is 2.33. The molecule has 5 saturated heterocycles. The molecular weight excluding hydrogens is 532 g/mol. The van der Waals surface area contributed by atoms with Gasteiger partial charge in [-0.25, -0.2) is 0 Å². The van der Waals surface area contributed by atoms with Crippen molar-refractivity contribution in [1.29, 1.82) is 0 Å². The number of aromatic hydroxyl groups is 1. The van der Waals surface area contributed by atoms with Gasteiger partial charge in [-0.3, -0.25) is 0 Å². The third-order valence-electron chi connectivity index (χ3n) is 8.78. The van der Waals surface area contributed by atoms with Gasteiger partial charge in [-0.05, 0) is 58.7 Å². The van der Waals surface area contributed by atoms with Gasteiger partial charge in [0.25, 0.3) is 0 Å². The minimum absolute atomic E-state index is 0.0152. The summed E-state index contributed by atoms with van der Waals surface area (Å²) in [5.74, 6) is 0.289. The summed E-state index contributed by atoms with van der Waals surface area (Å²) in [6.45, 7) is 7.70. The van der Waals surface area contributed by atoms with Gasteiger partial charge in [0.15, 0.2) is 0 Å². The predicted molar refractivity (Wildman–Crippen MR) is 159 cm³/mol. The van der Waals surface area contributed by atoms with Crippen molar-refractivity contribution in [3.05, 3.63) is 89.0 Å². The molecule has 1 N–H and O–H groups in total. The zero-order chi connectivity index (χ0) is 28.0. The van der Waals surface area contributed by atoms with Crippen molar-refractivity contribution in [3.8, 4) is 5.75 Å². The summed E-state index contributed by atoms with van der Waals surface area (Å²) in [5.41, 5.74) is 7.34. The molecular formula is C34H38N2O6. The Kier molecular flexibility index (Phi) is 7.04. The summed E-state index contributed by atoms with van der Waals surface area (Å²) >= 11 is 0. The standard InChI is InChI=1S/C34H38N2O6/c37-27-8-3-23(4-9-27)34(22-1-5-25(6-2-22)35(13-29-18-39-29)14-30-19-40-30)33-10-7-26(11-24(33)12-28-17-38-28)36(15-31-20-41-31)16-32-21-42-32/h1-11,28-32,34,37H,12-21H2. The number of anilines is 2. The Bertz CT molecular complexity index is 1350. The van der Waals surface area contributed by atoms with E-state index in [1.165, 1.54) is 28.1 Å². The van der Waals surface area contributed by atoms with Crippen LogP contribution in [-0.2, 0) is 30.1 Å². The first-order valence-electron chi connectivity index (χ1n) is 15.2. The van der Waals surface area contributed by atoms with Crippen LogP contribution in [0.15, 0.2) is 66.7 Å². The van der Waals surface area contributed by atoms with Gasteiger partial charge in [0.2, 0.25) is 0 Å². The minimum Gasteiger partial charge on any atom is -0.508 e. The maximum absolute atomic E-state index is 10.1. The fourth-order valence-corrected chi connectivity index (χ4v) is 6.02. The second-order valence-corrected chi connectivity index (χ2v) is 12.3. The number of ether oxygens (including phenoxy) is 5. The molecule has 3 aromatic carbocycles. The predicted octanol–water partition coefficient (Wildman–Crippen LogP) is 3.72. The summed E-state index contributed by atoms with van der Waals surface area (Å²) in [5, 5.41) is 10.1. The zero-order valence-corrected chi connectivity index (χ0v) is 23.8. The number of benzene rings is 3. The molecule has 42 heavy (non-hydrogen) atoms. The number of epoxide rings is 5. The number of phenolic OH excluding ortho intramolecular Hbond substituents is 1. The molecule has 0 radical (unpaired) electrons. The highest BCUT2D eigenvalue weighted by Crippen LogP contribution is 2.39. The molecule has 6 unspecified atom stereocenters. The van der Waals surface area contributed by atoms with E-state index in [-0.39, 0.29) is 17.8 Å². The number of phenols is 1. The Morgan fingerprint density at radius 2 is 1.00 bits per heavy atom. The third kappa shape index (κ3) is 6.58. The molecule has 8 nitrogen and oxygen atoms in total. The maximum Gasteiger partial charge on any atom is 0.115 e. The highest BCUT2D eigenvalue weighted by molar-refractivity contribution is 5.58. The van der Waals surface area contributed by atoms with Gasteiger partial charge in [0.1, 0.15) is 5.75 Å². The molecule has 8 heteroatoms. The lowest BCUT2D eigenvalue weighted by Gasteiger charge is -2.28. The van der Waals surface area contributed by atoms with Crippen molar-refractivity contribution < 1.29 is 28.8 Å². The Morgan fingerprint density at radius 3 is 1.48 bits per heavy atom. The molecule has 5 aliphatic heterocycles. The Hall–Kier alpha value is -3.14. The number of nitrogens with zero attached hydrogens (tertiary/aromatic N) is 2. The van der Waals surface area contributed by atoms with E-state index in [4.69, 9.17) is 23.7 Å². The minimum atomic E-state index is 0.0152. The third-order valence-corrected chi connectivity index (χ3v) is 8.78. The van der Waals surface area contributed by atoms with Crippen LogP contribution in [0.5, 0.6) is 5.75 Å². The van der Waals surface area contributed by atoms with E-state index < -0.39 is 0 Å². The lowest BCUT2D eigenvalue weighted by atomic mass is 9.81. The van der Waals surface area contributed by atoms with Gasteiger partial charge in [-0.15, -0.1) is 0 Å². The monoisotopic (exact) mass is 570 g/mol. The van der Waals surface area contributed by atoms with Gasteiger partial charge in [0, 0.05) is 49.9 Å². The molecule has 0 spiro atoms. The van der Waals surface area contributed by atoms with Crippen molar-refractivity contribution in [1.82, 2.24) is 0 Å². The largest absolute Gasteiger partial charge is 0.508 e. The second-order valence-electron chi connectivity index (χ2n) is 12.3. The van der Waals surface area contributed by atoms with Crippen molar-refractivity contribution >= 4 is 11.4 Å². The van der Waals surface area contributed by atoms with Crippen molar-refractivity contribution in [3.63, 3.8) is 0 Å². The first kappa shape index (κ1) is 26.5. The molecule has 0 amide bonds. The fraction of sp³-hybridized carbons (Fsp3) is 0.471. The van der Waals surface area contributed by atoms with Gasteiger partial charge >= 0.3 is 0 Å². The molecule has 5 aliphatic rings. The first-order valence-corrected chi connectivity index (χ1v) is 15.2. The molecule has 0 bridgehead atoms. The van der Waals surface area contributed by atoms with Gasteiger partial charge in [-0.2, -0.15) is 0 Å². The molecule has 0 aliphatic carbocycles. The van der Waals surface area contributed by atoms with Crippen molar-refractivity contribution in [2.24, 2.45) is 0 Å². The van der Waals surface area contributed by atoms with Crippen LogP contribution in [-0.4, -0.2) is 94.8 Å². The average molecular weight is 571 g/mol. The smallest absolute Gasteiger partial charge is 0.115 e. The fourth-order valence-electron chi connectivity index (χ4n) is 6.02. The van der Waals surface area contributed by atoms with E-state index in [0.717, 1.165) is 71.2 Å². The summed E-state index contributed by atoms with van der Waals surface area (Å²) in [4.78, 5) is 4.81. The summed E-state index contributed by atoms with van der Waals surface area (Å²) in [6, 6.07) is 23.6. The van der Waals surface area contributed by atoms with Crippen LogP contribution in [0.3, 0.4) is 0 Å². The van der Waals surface area contributed by atoms with Crippen LogP contribution in [0.4, 0.5) is 11.4 Å². The summed E-state index contributed by atoms with van der Waals surface area (Å²) < 4.78 is 28.0. The first-order chi connectivity index (χ1) is 20.6. The van der Waals surface area contributed by atoms with E-state index in [9.17, 15) is 5.11 Å². The zero-order valence-electron chi connectivity index (χ0n) is 23.8. The normalized spacial score (nSPS) is 27.3. The van der Waals surface area contributed by atoms with Gasteiger partial charge in [0.05, 0.1) is 63.6 Å². The molecule has 3 aromatic rings. The van der Waals surface area contributed by atoms with E-state index in [2.05, 4.69) is 52.3 Å². The molecule has 6 atom stereocenters. The number of rotatable bonds is 15. The van der Waals surface area contributed by atoms with Crippen LogP contribution in [0.25, 0.3) is 0 Å². The second kappa shape index (κ2) is 11.2. The average Bonchev–Trinajstić information content (AvgIpc) is 3.81.